The zero-order valence-corrected chi connectivity index (χ0v) is 11.5. The SMILES string of the molecule is COc1ccc(Nc2nccnc2C(N)=S)c(C)c1. The predicted molar refractivity (Wildman–Crippen MR) is 78.9 cm³/mol. The van der Waals surface area contributed by atoms with Gasteiger partial charge < -0.3 is 15.8 Å². The Morgan fingerprint density at radius 1 is 1.32 bits per heavy atom. The van der Waals surface area contributed by atoms with Crippen molar-refractivity contribution in [3.8, 4) is 5.75 Å². The molecule has 1 heterocycles. The molecule has 1 aromatic carbocycles. The standard InChI is InChI=1S/C13H14N4OS/c1-8-7-9(18-2)3-4-10(8)17-13-11(12(14)19)15-5-6-16-13/h3-7H,1-2H3,(H2,14,19)(H,16,17). The average Bonchev–Trinajstić information content (AvgIpc) is 2.41. The van der Waals surface area contributed by atoms with Crippen LogP contribution in [0.15, 0.2) is 30.6 Å². The van der Waals surface area contributed by atoms with E-state index in [0.29, 0.717) is 11.5 Å². The number of aromatic nitrogens is 2. The van der Waals surface area contributed by atoms with Gasteiger partial charge >= 0.3 is 0 Å². The Bertz CT molecular complexity index is 615. The van der Waals surface area contributed by atoms with Gasteiger partial charge in [0.15, 0.2) is 5.82 Å². The molecule has 0 fully saturated rings. The highest BCUT2D eigenvalue weighted by atomic mass is 32.1. The fourth-order valence-electron chi connectivity index (χ4n) is 1.64. The molecule has 5 nitrogen and oxygen atoms in total. The summed E-state index contributed by atoms with van der Waals surface area (Å²) in [4.78, 5) is 8.54. The normalized spacial score (nSPS) is 10.0. The highest BCUT2D eigenvalue weighted by molar-refractivity contribution is 7.80. The molecule has 0 radical (unpaired) electrons. The first-order chi connectivity index (χ1) is 9.11. The molecular weight excluding hydrogens is 260 g/mol. The lowest BCUT2D eigenvalue weighted by molar-refractivity contribution is 0.414. The van der Waals surface area contributed by atoms with Crippen LogP contribution in [0.5, 0.6) is 5.75 Å². The summed E-state index contributed by atoms with van der Waals surface area (Å²) < 4.78 is 5.17. The predicted octanol–water partition coefficient (Wildman–Crippen LogP) is 2.17. The molecule has 0 bridgehead atoms. The Hall–Kier alpha value is -2.21. The van der Waals surface area contributed by atoms with Crippen molar-refractivity contribution in [1.82, 2.24) is 9.97 Å². The van der Waals surface area contributed by atoms with E-state index in [1.165, 1.54) is 0 Å². The summed E-state index contributed by atoms with van der Waals surface area (Å²) in [7, 11) is 1.63. The summed E-state index contributed by atoms with van der Waals surface area (Å²) in [6.45, 7) is 1.97. The number of hydrogen-bond donors (Lipinski definition) is 2. The zero-order valence-electron chi connectivity index (χ0n) is 10.7. The van der Waals surface area contributed by atoms with E-state index in [0.717, 1.165) is 17.0 Å². The minimum absolute atomic E-state index is 0.210. The Morgan fingerprint density at radius 3 is 2.68 bits per heavy atom. The molecule has 0 amide bonds. The second-order valence-electron chi connectivity index (χ2n) is 3.92. The lowest BCUT2D eigenvalue weighted by Gasteiger charge is -2.12. The topological polar surface area (TPSA) is 73.1 Å². The quantitative estimate of drug-likeness (QED) is 0.832. The Kier molecular flexibility index (Phi) is 3.91. The van der Waals surface area contributed by atoms with E-state index in [9.17, 15) is 0 Å². The number of hydrogen-bond acceptors (Lipinski definition) is 5. The number of nitrogens with zero attached hydrogens (tertiary/aromatic N) is 2. The van der Waals surface area contributed by atoms with E-state index in [-0.39, 0.29) is 4.99 Å². The smallest absolute Gasteiger partial charge is 0.159 e. The summed E-state index contributed by atoms with van der Waals surface area (Å²) in [5.41, 5.74) is 8.03. The van der Waals surface area contributed by atoms with Crippen molar-refractivity contribution in [2.24, 2.45) is 5.73 Å². The van der Waals surface area contributed by atoms with E-state index >= 15 is 0 Å². The van der Waals surface area contributed by atoms with Crippen molar-refractivity contribution in [3.63, 3.8) is 0 Å². The second kappa shape index (κ2) is 5.62. The monoisotopic (exact) mass is 274 g/mol. The van der Waals surface area contributed by atoms with E-state index in [4.69, 9.17) is 22.7 Å². The fraction of sp³-hybridized carbons (Fsp3) is 0.154. The number of aryl methyl sites for hydroxylation is 1. The van der Waals surface area contributed by atoms with Gasteiger partial charge in [-0.05, 0) is 30.7 Å². The molecule has 0 aliphatic heterocycles. The maximum Gasteiger partial charge on any atom is 0.159 e. The van der Waals surface area contributed by atoms with Gasteiger partial charge in [-0.15, -0.1) is 0 Å². The maximum atomic E-state index is 5.62. The lowest BCUT2D eigenvalue weighted by atomic mass is 10.2. The number of anilines is 2. The van der Waals surface area contributed by atoms with Gasteiger partial charge in [-0.1, -0.05) is 12.2 Å². The molecule has 3 N–H and O–H groups in total. The molecule has 6 heteroatoms. The highest BCUT2D eigenvalue weighted by Crippen LogP contribution is 2.24. The number of ether oxygens (including phenoxy) is 1. The van der Waals surface area contributed by atoms with Crippen LogP contribution in [-0.2, 0) is 0 Å². The van der Waals surface area contributed by atoms with Crippen LogP contribution in [0, 0.1) is 6.92 Å². The summed E-state index contributed by atoms with van der Waals surface area (Å²) in [6.07, 6.45) is 3.14. The van der Waals surface area contributed by atoms with Gasteiger partial charge in [0.1, 0.15) is 16.4 Å². The number of nitrogens with one attached hydrogen (secondary N) is 1. The van der Waals surface area contributed by atoms with Crippen LogP contribution < -0.4 is 15.8 Å². The summed E-state index contributed by atoms with van der Waals surface area (Å²) in [5, 5.41) is 3.18. The Balaban J connectivity index is 2.34. The first-order valence-corrected chi connectivity index (χ1v) is 6.05. The van der Waals surface area contributed by atoms with E-state index in [1.54, 1.807) is 19.5 Å². The van der Waals surface area contributed by atoms with Gasteiger partial charge in [0.25, 0.3) is 0 Å². The van der Waals surface area contributed by atoms with E-state index in [1.807, 2.05) is 25.1 Å². The Morgan fingerprint density at radius 2 is 2.05 bits per heavy atom. The number of nitrogens with two attached hydrogens (primary N) is 1. The van der Waals surface area contributed by atoms with Gasteiger partial charge in [-0.25, -0.2) is 9.97 Å². The molecule has 0 saturated heterocycles. The van der Waals surface area contributed by atoms with Crippen LogP contribution in [0.2, 0.25) is 0 Å². The molecule has 2 aromatic rings. The number of rotatable bonds is 4. The first kappa shape index (κ1) is 13.2. The molecule has 0 unspecified atom stereocenters. The van der Waals surface area contributed by atoms with Crippen LogP contribution in [0.4, 0.5) is 11.5 Å². The van der Waals surface area contributed by atoms with Crippen LogP contribution in [-0.4, -0.2) is 22.1 Å². The molecule has 98 valence electrons. The first-order valence-electron chi connectivity index (χ1n) is 5.64. The van der Waals surface area contributed by atoms with Crippen LogP contribution >= 0.6 is 12.2 Å². The summed E-state index contributed by atoms with van der Waals surface area (Å²) in [5.74, 6) is 1.35. The molecule has 2 rings (SSSR count). The maximum absolute atomic E-state index is 5.62. The summed E-state index contributed by atoms with van der Waals surface area (Å²) >= 11 is 4.95. The van der Waals surface area contributed by atoms with Gasteiger partial charge in [-0.3, -0.25) is 0 Å². The third-order valence-electron chi connectivity index (χ3n) is 2.62. The van der Waals surface area contributed by atoms with Crippen molar-refractivity contribution >= 4 is 28.7 Å². The molecule has 1 aromatic heterocycles. The molecule has 19 heavy (non-hydrogen) atoms. The minimum atomic E-state index is 0.210. The van der Waals surface area contributed by atoms with E-state index in [2.05, 4.69) is 15.3 Å². The molecule has 0 aliphatic rings. The number of methoxy groups -OCH3 is 1. The molecule has 0 saturated carbocycles. The van der Waals surface area contributed by atoms with Crippen molar-refractivity contribution in [3.05, 3.63) is 41.9 Å². The third-order valence-corrected chi connectivity index (χ3v) is 2.81. The molecule has 0 spiro atoms. The summed E-state index contributed by atoms with van der Waals surface area (Å²) in [6, 6.07) is 5.71. The largest absolute Gasteiger partial charge is 0.497 e. The Labute approximate surface area is 116 Å². The van der Waals surface area contributed by atoms with Crippen LogP contribution in [0.1, 0.15) is 11.3 Å². The molecule has 0 atom stereocenters. The van der Waals surface area contributed by atoms with Crippen LogP contribution in [0.25, 0.3) is 0 Å². The number of benzene rings is 1. The van der Waals surface area contributed by atoms with Gasteiger partial charge in [0, 0.05) is 18.1 Å². The highest BCUT2D eigenvalue weighted by Gasteiger charge is 2.09. The zero-order chi connectivity index (χ0) is 13.8. The fourth-order valence-corrected chi connectivity index (χ4v) is 1.79. The van der Waals surface area contributed by atoms with Gasteiger partial charge in [0.05, 0.1) is 7.11 Å². The van der Waals surface area contributed by atoms with Crippen molar-refractivity contribution in [1.29, 1.82) is 0 Å². The van der Waals surface area contributed by atoms with Crippen molar-refractivity contribution in [2.45, 2.75) is 6.92 Å². The van der Waals surface area contributed by atoms with Gasteiger partial charge in [-0.2, -0.15) is 0 Å². The average molecular weight is 274 g/mol. The van der Waals surface area contributed by atoms with Crippen molar-refractivity contribution < 1.29 is 4.74 Å². The van der Waals surface area contributed by atoms with Crippen LogP contribution in [0.3, 0.4) is 0 Å². The van der Waals surface area contributed by atoms with Crippen molar-refractivity contribution in [2.75, 3.05) is 12.4 Å². The third kappa shape index (κ3) is 2.97. The lowest BCUT2D eigenvalue weighted by Crippen LogP contribution is -2.15. The van der Waals surface area contributed by atoms with E-state index < -0.39 is 0 Å². The second-order valence-corrected chi connectivity index (χ2v) is 4.36. The molecular formula is C13H14N4OS. The van der Waals surface area contributed by atoms with Gasteiger partial charge in [0.2, 0.25) is 0 Å². The minimum Gasteiger partial charge on any atom is -0.497 e. The molecule has 0 aliphatic carbocycles. The number of thiocarbonyl (C=S) groups is 1.